The predicted octanol–water partition coefficient (Wildman–Crippen LogP) is 2.42. The zero-order chi connectivity index (χ0) is 25.6. The van der Waals surface area contributed by atoms with Crippen LogP contribution >= 0.6 is 22.6 Å². The van der Waals surface area contributed by atoms with Crippen LogP contribution in [0.5, 0.6) is 0 Å². The molecular weight excluding hydrogens is 597 g/mol. The van der Waals surface area contributed by atoms with Crippen molar-refractivity contribution in [3.05, 3.63) is 80.6 Å². The molecule has 0 fully saturated rings. The first-order valence-corrected chi connectivity index (χ1v) is 13.3. The summed E-state index contributed by atoms with van der Waals surface area (Å²) in [5.41, 5.74) is 1.21. The van der Waals surface area contributed by atoms with Crippen LogP contribution in [0.2, 0.25) is 0 Å². The minimum absolute atomic E-state index is 0.0610. The first-order valence-electron chi connectivity index (χ1n) is 10.3. The monoisotopic (exact) mass is 620 g/mol. The van der Waals surface area contributed by atoms with Crippen molar-refractivity contribution in [2.24, 2.45) is 0 Å². The van der Waals surface area contributed by atoms with Crippen LogP contribution in [0.15, 0.2) is 53.1 Å². The number of sulfonamides is 1. The van der Waals surface area contributed by atoms with Crippen LogP contribution in [0.4, 0.5) is 14.6 Å². The van der Waals surface area contributed by atoms with Crippen molar-refractivity contribution < 1.29 is 31.6 Å². The highest BCUT2D eigenvalue weighted by Crippen LogP contribution is 2.15. The minimum atomic E-state index is -3.63. The number of benzene rings is 2. The Morgan fingerprint density at radius 2 is 1.86 bits per heavy atom. The SMILES string of the molecule is CS(=O)(=O)Nc1cc(C(=O)N[C@@H](Cc2cc(F)cc(F)c2)[C@@H](O)CNCc2cccc(I)c2)on1. The molecule has 0 aliphatic heterocycles. The Bertz CT molecular complexity index is 1270. The topological polar surface area (TPSA) is 134 Å². The third-order valence-electron chi connectivity index (χ3n) is 4.75. The van der Waals surface area contributed by atoms with Gasteiger partial charge >= 0.3 is 0 Å². The quantitative estimate of drug-likeness (QED) is 0.242. The molecule has 0 aliphatic carbocycles. The summed E-state index contributed by atoms with van der Waals surface area (Å²) in [5.74, 6) is -2.88. The van der Waals surface area contributed by atoms with E-state index in [0.717, 1.165) is 39.7 Å². The maximum atomic E-state index is 13.7. The number of hydrogen-bond donors (Lipinski definition) is 4. The summed E-state index contributed by atoms with van der Waals surface area (Å²) >= 11 is 2.19. The van der Waals surface area contributed by atoms with E-state index in [4.69, 9.17) is 4.52 Å². The van der Waals surface area contributed by atoms with Crippen LogP contribution in [0.3, 0.4) is 0 Å². The van der Waals surface area contributed by atoms with Crippen LogP contribution in [0.1, 0.15) is 21.7 Å². The lowest BCUT2D eigenvalue weighted by atomic mass is 10.0. The van der Waals surface area contributed by atoms with E-state index in [0.29, 0.717) is 6.54 Å². The first-order chi connectivity index (χ1) is 16.5. The summed E-state index contributed by atoms with van der Waals surface area (Å²) < 4.78 is 58.0. The number of aliphatic hydroxyl groups excluding tert-OH is 1. The molecule has 1 amide bonds. The molecule has 1 aromatic heterocycles. The smallest absolute Gasteiger partial charge is 0.290 e. The van der Waals surface area contributed by atoms with Crippen molar-refractivity contribution in [1.82, 2.24) is 15.8 Å². The van der Waals surface area contributed by atoms with Crippen LogP contribution in [0.25, 0.3) is 0 Å². The van der Waals surface area contributed by atoms with E-state index in [9.17, 15) is 27.1 Å². The maximum Gasteiger partial charge on any atom is 0.290 e. The number of rotatable bonds is 11. The molecule has 2 aromatic carbocycles. The van der Waals surface area contributed by atoms with Gasteiger partial charge in [-0.3, -0.25) is 9.52 Å². The maximum absolute atomic E-state index is 13.7. The number of carbonyl (C=O) groups is 1. The highest BCUT2D eigenvalue weighted by molar-refractivity contribution is 14.1. The molecule has 13 heteroatoms. The summed E-state index contributed by atoms with van der Waals surface area (Å²) in [7, 11) is -3.63. The summed E-state index contributed by atoms with van der Waals surface area (Å²) in [4.78, 5) is 12.7. The average molecular weight is 620 g/mol. The molecular formula is C22H23F2IN4O5S. The number of aromatic nitrogens is 1. The number of amides is 1. The highest BCUT2D eigenvalue weighted by Gasteiger charge is 2.25. The third-order valence-corrected chi connectivity index (χ3v) is 6.01. The van der Waals surface area contributed by atoms with E-state index in [1.54, 1.807) is 0 Å². The van der Waals surface area contributed by atoms with Gasteiger partial charge in [-0.05, 0) is 64.4 Å². The second kappa shape index (κ2) is 11.9. The molecule has 0 saturated heterocycles. The van der Waals surface area contributed by atoms with Gasteiger partial charge in [0.2, 0.25) is 15.8 Å². The summed E-state index contributed by atoms with van der Waals surface area (Å²) in [5, 5.41) is 19.9. The summed E-state index contributed by atoms with van der Waals surface area (Å²) in [6.45, 7) is 0.511. The summed E-state index contributed by atoms with van der Waals surface area (Å²) in [6, 6.07) is 10.8. The number of anilines is 1. The second-order valence-electron chi connectivity index (χ2n) is 7.84. The standard InChI is InChI=1S/C22H23F2IN4O5S/c1-35(32,33)29-21-10-20(34-28-21)22(31)27-18(8-14-5-15(23)9-16(24)6-14)19(30)12-26-11-13-3-2-4-17(25)7-13/h2-7,9-10,18-19,26,30H,8,11-12H2,1H3,(H,27,31)(H,28,29)/t18-,19-/m0/s1. The number of carbonyl (C=O) groups excluding carboxylic acids is 1. The van der Waals surface area contributed by atoms with Gasteiger partial charge in [-0.15, -0.1) is 0 Å². The van der Waals surface area contributed by atoms with Gasteiger partial charge in [0.15, 0.2) is 5.82 Å². The minimum Gasteiger partial charge on any atom is -0.390 e. The van der Waals surface area contributed by atoms with Crippen LogP contribution in [0, 0.1) is 15.2 Å². The van der Waals surface area contributed by atoms with Crippen molar-refractivity contribution in [2.75, 3.05) is 17.5 Å². The van der Waals surface area contributed by atoms with Crippen LogP contribution in [-0.4, -0.2) is 49.5 Å². The van der Waals surface area contributed by atoms with Gasteiger partial charge in [-0.25, -0.2) is 17.2 Å². The van der Waals surface area contributed by atoms with Crippen molar-refractivity contribution in [2.45, 2.75) is 25.1 Å². The van der Waals surface area contributed by atoms with Crippen molar-refractivity contribution in [3.8, 4) is 0 Å². The molecule has 1 heterocycles. The molecule has 9 nitrogen and oxygen atoms in total. The Morgan fingerprint density at radius 1 is 1.14 bits per heavy atom. The Balaban J connectivity index is 1.71. The van der Waals surface area contributed by atoms with Gasteiger partial charge in [0.1, 0.15) is 11.6 Å². The Hall–Kier alpha value is -2.62. The number of nitrogens with zero attached hydrogens (tertiary/aromatic N) is 1. The fraction of sp³-hybridized carbons (Fsp3) is 0.273. The van der Waals surface area contributed by atoms with Crippen molar-refractivity contribution in [1.29, 1.82) is 0 Å². The van der Waals surface area contributed by atoms with Crippen LogP contribution < -0.4 is 15.4 Å². The first kappa shape index (κ1) is 27.0. The molecule has 2 atom stereocenters. The Labute approximate surface area is 214 Å². The van der Waals surface area contributed by atoms with E-state index in [2.05, 4.69) is 43.1 Å². The Kier molecular flexibility index (Phi) is 9.15. The zero-order valence-electron chi connectivity index (χ0n) is 18.5. The van der Waals surface area contributed by atoms with E-state index >= 15 is 0 Å². The van der Waals surface area contributed by atoms with Gasteiger partial charge in [0.25, 0.3) is 5.91 Å². The third kappa shape index (κ3) is 8.83. The van der Waals surface area contributed by atoms with E-state index in [1.807, 2.05) is 24.3 Å². The van der Waals surface area contributed by atoms with Gasteiger partial charge < -0.3 is 20.3 Å². The zero-order valence-corrected chi connectivity index (χ0v) is 21.4. The number of halogens is 3. The second-order valence-corrected chi connectivity index (χ2v) is 10.8. The normalized spacial score (nSPS) is 13.3. The lowest BCUT2D eigenvalue weighted by Crippen LogP contribution is -2.48. The van der Waals surface area contributed by atoms with Crippen molar-refractivity contribution in [3.63, 3.8) is 0 Å². The van der Waals surface area contributed by atoms with Crippen LogP contribution in [-0.2, 0) is 23.0 Å². The fourth-order valence-corrected chi connectivity index (χ4v) is 4.36. The Morgan fingerprint density at radius 3 is 2.51 bits per heavy atom. The van der Waals surface area contributed by atoms with E-state index in [1.165, 1.54) is 0 Å². The molecule has 0 spiro atoms. The molecule has 188 valence electrons. The molecule has 0 bridgehead atoms. The number of nitrogens with one attached hydrogen (secondary N) is 3. The predicted molar refractivity (Wildman–Crippen MR) is 133 cm³/mol. The number of hydrogen-bond acceptors (Lipinski definition) is 7. The molecule has 0 radical (unpaired) electrons. The van der Waals surface area contributed by atoms with Gasteiger partial charge in [0.05, 0.1) is 18.4 Å². The lowest BCUT2D eigenvalue weighted by molar-refractivity contribution is 0.0797. The molecule has 35 heavy (non-hydrogen) atoms. The van der Waals surface area contributed by atoms with Gasteiger partial charge in [-0.1, -0.05) is 17.3 Å². The largest absolute Gasteiger partial charge is 0.390 e. The molecule has 4 N–H and O–H groups in total. The molecule has 3 rings (SSSR count). The molecule has 0 unspecified atom stereocenters. The number of aliphatic hydroxyl groups is 1. The molecule has 0 saturated carbocycles. The molecule has 0 aliphatic rings. The van der Waals surface area contributed by atoms with Gasteiger partial charge in [-0.2, -0.15) is 0 Å². The van der Waals surface area contributed by atoms with E-state index in [-0.39, 0.29) is 30.1 Å². The van der Waals surface area contributed by atoms with E-state index < -0.39 is 39.7 Å². The average Bonchev–Trinajstić information content (AvgIpc) is 3.19. The highest BCUT2D eigenvalue weighted by atomic mass is 127. The fourth-order valence-electron chi connectivity index (χ4n) is 3.28. The molecule has 3 aromatic rings. The van der Waals surface area contributed by atoms with Crippen molar-refractivity contribution >= 4 is 44.3 Å². The summed E-state index contributed by atoms with van der Waals surface area (Å²) in [6.07, 6.45) is -0.325. The van der Waals surface area contributed by atoms with Gasteiger partial charge in [0, 0.05) is 28.8 Å². The lowest BCUT2D eigenvalue weighted by Gasteiger charge is -2.24.